The van der Waals surface area contributed by atoms with E-state index in [0.29, 0.717) is 18.6 Å². The van der Waals surface area contributed by atoms with Crippen LogP contribution < -0.4 is 10.1 Å². The van der Waals surface area contributed by atoms with Crippen molar-refractivity contribution in [3.05, 3.63) is 28.8 Å². The minimum atomic E-state index is 0.289. The standard InChI is InChI=1S/C19H31NO2/c1-6-9-16(21)10-8-13-20-15(4)18-11-12-19(22-5)17(7-2)14(18)3/h11-12,15,20H,6-10,13H2,1-5H3. The van der Waals surface area contributed by atoms with Crippen LogP contribution in [-0.2, 0) is 11.2 Å². The summed E-state index contributed by atoms with van der Waals surface area (Å²) >= 11 is 0. The molecule has 0 aliphatic rings. The van der Waals surface area contributed by atoms with Gasteiger partial charge in [0.1, 0.15) is 11.5 Å². The van der Waals surface area contributed by atoms with Crippen molar-refractivity contribution < 1.29 is 9.53 Å². The number of carbonyl (C=O) groups is 1. The molecule has 1 rings (SSSR count). The predicted octanol–water partition coefficient (Wildman–Crippen LogP) is 4.37. The molecule has 3 heteroatoms. The molecular formula is C19H31NO2. The van der Waals surface area contributed by atoms with Gasteiger partial charge in [0.05, 0.1) is 7.11 Å². The van der Waals surface area contributed by atoms with Gasteiger partial charge in [-0.05, 0) is 62.4 Å². The zero-order valence-electron chi connectivity index (χ0n) is 14.8. The van der Waals surface area contributed by atoms with E-state index in [-0.39, 0.29) is 6.04 Å². The lowest BCUT2D eigenvalue weighted by Gasteiger charge is -2.20. The minimum Gasteiger partial charge on any atom is -0.496 e. The second kappa shape index (κ2) is 9.62. The van der Waals surface area contributed by atoms with Gasteiger partial charge in [0, 0.05) is 18.9 Å². The van der Waals surface area contributed by atoms with Crippen molar-refractivity contribution in [1.82, 2.24) is 5.32 Å². The maximum Gasteiger partial charge on any atom is 0.132 e. The average molecular weight is 305 g/mol. The summed E-state index contributed by atoms with van der Waals surface area (Å²) < 4.78 is 5.44. The predicted molar refractivity (Wildman–Crippen MR) is 92.7 cm³/mol. The highest BCUT2D eigenvalue weighted by atomic mass is 16.5. The number of ether oxygens (including phenoxy) is 1. The molecule has 1 aromatic carbocycles. The number of ketones is 1. The summed E-state index contributed by atoms with van der Waals surface area (Å²) in [6, 6.07) is 4.50. The van der Waals surface area contributed by atoms with Crippen molar-refractivity contribution in [2.75, 3.05) is 13.7 Å². The molecule has 22 heavy (non-hydrogen) atoms. The van der Waals surface area contributed by atoms with Gasteiger partial charge in [0.15, 0.2) is 0 Å². The number of hydrogen-bond donors (Lipinski definition) is 1. The third-order valence-corrected chi connectivity index (χ3v) is 4.25. The molecule has 1 unspecified atom stereocenters. The highest BCUT2D eigenvalue weighted by Crippen LogP contribution is 2.28. The highest BCUT2D eigenvalue weighted by Gasteiger charge is 2.13. The number of Topliss-reactive ketones (excluding diaryl/α,β-unsaturated/α-hetero) is 1. The lowest BCUT2D eigenvalue weighted by Crippen LogP contribution is -2.21. The molecule has 0 saturated carbocycles. The summed E-state index contributed by atoms with van der Waals surface area (Å²) in [7, 11) is 1.72. The Hall–Kier alpha value is -1.35. The van der Waals surface area contributed by atoms with Crippen LogP contribution in [0.25, 0.3) is 0 Å². The zero-order chi connectivity index (χ0) is 16.5. The quantitative estimate of drug-likeness (QED) is 0.652. The summed E-state index contributed by atoms with van der Waals surface area (Å²) in [6.45, 7) is 9.44. The molecule has 0 amide bonds. The van der Waals surface area contributed by atoms with Gasteiger partial charge in [-0.2, -0.15) is 0 Å². The van der Waals surface area contributed by atoms with Crippen LogP contribution in [0.15, 0.2) is 12.1 Å². The van der Waals surface area contributed by atoms with Crippen LogP contribution in [0.2, 0.25) is 0 Å². The van der Waals surface area contributed by atoms with Gasteiger partial charge in [-0.25, -0.2) is 0 Å². The molecule has 1 N–H and O–H groups in total. The number of methoxy groups -OCH3 is 1. The van der Waals surface area contributed by atoms with Crippen LogP contribution >= 0.6 is 0 Å². The Labute approximate surface area is 135 Å². The SMILES string of the molecule is CCCC(=O)CCCNC(C)c1ccc(OC)c(CC)c1C. The minimum absolute atomic E-state index is 0.289. The first-order chi connectivity index (χ1) is 10.5. The van der Waals surface area contributed by atoms with Crippen molar-refractivity contribution in [3.63, 3.8) is 0 Å². The first kappa shape index (κ1) is 18.7. The molecule has 124 valence electrons. The maximum atomic E-state index is 11.5. The van der Waals surface area contributed by atoms with Gasteiger partial charge in [-0.15, -0.1) is 0 Å². The monoisotopic (exact) mass is 305 g/mol. The number of benzene rings is 1. The summed E-state index contributed by atoms with van der Waals surface area (Å²) in [5, 5.41) is 3.53. The first-order valence-electron chi connectivity index (χ1n) is 8.46. The van der Waals surface area contributed by atoms with Gasteiger partial charge < -0.3 is 10.1 Å². The summed E-state index contributed by atoms with van der Waals surface area (Å²) in [5.41, 5.74) is 3.91. The lowest BCUT2D eigenvalue weighted by molar-refractivity contribution is -0.119. The molecule has 0 aromatic heterocycles. The zero-order valence-corrected chi connectivity index (χ0v) is 14.8. The number of nitrogens with one attached hydrogen (secondary N) is 1. The van der Waals surface area contributed by atoms with Gasteiger partial charge in [-0.3, -0.25) is 4.79 Å². The van der Waals surface area contributed by atoms with Crippen molar-refractivity contribution in [1.29, 1.82) is 0 Å². The van der Waals surface area contributed by atoms with E-state index in [2.05, 4.69) is 45.1 Å². The number of hydrogen-bond acceptors (Lipinski definition) is 3. The molecule has 1 aromatic rings. The van der Waals surface area contributed by atoms with E-state index in [0.717, 1.165) is 31.6 Å². The molecule has 0 aliphatic heterocycles. The van der Waals surface area contributed by atoms with E-state index in [1.54, 1.807) is 7.11 Å². The fraction of sp³-hybridized carbons (Fsp3) is 0.632. The normalized spacial score (nSPS) is 12.2. The van der Waals surface area contributed by atoms with E-state index in [4.69, 9.17) is 4.74 Å². The molecule has 3 nitrogen and oxygen atoms in total. The van der Waals surface area contributed by atoms with Crippen LogP contribution in [-0.4, -0.2) is 19.4 Å². The van der Waals surface area contributed by atoms with Crippen LogP contribution in [0.5, 0.6) is 5.75 Å². The molecule has 0 radical (unpaired) electrons. The Morgan fingerprint density at radius 3 is 2.59 bits per heavy atom. The summed E-state index contributed by atoms with van der Waals surface area (Å²) in [4.78, 5) is 11.5. The number of rotatable bonds is 10. The maximum absolute atomic E-state index is 11.5. The van der Waals surface area contributed by atoms with E-state index in [1.165, 1.54) is 16.7 Å². The second-order valence-corrected chi connectivity index (χ2v) is 5.88. The Bertz CT molecular complexity index is 483. The molecule has 0 aliphatic carbocycles. The van der Waals surface area contributed by atoms with Crippen molar-refractivity contribution >= 4 is 5.78 Å². The third kappa shape index (κ3) is 5.13. The molecule has 0 heterocycles. The smallest absolute Gasteiger partial charge is 0.132 e. The molecule has 0 bridgehead atoms. The fourth-order valence-corrected chi connectivity index (χ4v) is 2.97. The molecule has 0 saturated heterocycles. The van der Waals surface area contributed by atoms with Crippen molar-refractivity contribution in [3.8, 4) is 5.75 Å². The summed E-state index contributed by atoms with van der Waals surface area (Å²) in [6.07, 6.45) is 4.25. The second-order valence-electron chi connectivity index (χ2n) is 5.88. The molecule has 1 atom stereocenters. The van der Waals surface area contributed by atoms with Gasteiger partial charge in [0.2, 0.25) is 0 Å². The lowest BCUT2D eigenvalue weighted by atomic mass is 9.95. The van der Waals surface area contributed by atoms with Gasteiger partial charge in [-0.1, -0.05) is 19.9 Å². The van der Waals surface area contributed by atoms with Crippen LogP contribution in [0.3, 0.4) is 0 Å². The first-order valence-corrected chi connectivity index (χ1v) is 8.46. The van der Waals surface area contributed by atoms with Crippen LogP contribution in [0.1, 0.15) is 69.2 Å². The average Bonchev–Trinajstić information content (AvgIpc) is 2.51. The largest absolute Gasteiger partial charge is 0.496 e. The van der Waals surface area contributed by atoms with Crippen LogP contribution in [0.4, 0.5) is 0 Å². The third-order valence-electron chi connectivity index (χ3n) is 4.25. The van der Waals surface area contributed by atoms with Gasteiger partial charge >= 0.3 is 0 Å². The Morgan fingerprint density at radius 1 is 1.27 bits per heavy atom. The summed E-state index contributed by atoms with van der Waals surface area (Å²) in [5.74, 6) is 1.35. The van der Waals surface area contributed by atoms with E-state index in [1.807, 2.05) is 0 Å². The van der Waals surface area contributed by atoms with E-state index < -0.39 is 0 Å². The molecular weight excluding hydrogens is 274 g/mol. The molecule has 0 spiro atoms. The topological polar surface area (TPSA) is 38.3 Å². The number of carbonyl (C=O) groups excluding carboxylic acids is 1. The Kier molecular flexibility index (Phi) is 8.18. The highest BCUT2D eigenvalue weighted by molar-refractivity contribution is 5.78. The fourth-order valence-electron chi connectivity index (χ4n) is 2.97. The van der Waals surface area contributed by atoms with E-state index >= 15 is 0 Å². The van der Waals surface area contributed by atoms with Gasteiger partial charge in [0.25, 0.3) is 0 Å². The Balaban J connectivity index is 2.59. The van der Waals surface area contributed by atoms with Crippen molar-refractivity contribution in [2.24, 2.45) is 0 Å². The Morgan fingerprint density at radius 2 is 2.00 bits per heavy atom. The van der Waals surface area contributed by atoms with Crippen LogP contribution in [0, 0.1) is 6.92 Å². The van der Waals surface area contributed by atoms with E-state index in [9.17, 15) is 4.79 Å². The molecule has 0 fully saturated rings. The van der Waals surface area contributed by atoms with Crippen molar-refractivity contribution in [2.45, 2.75) is 65.8 Å².